The minimum absolute atomic E-state index is 0.0171. The van der Waals surface area contributed by atoms with E-state index in [1.54, 1.807) is 35.8 Å². The molecule has 170 valence electrons. The Morgan fingerprint density at radius 3 is 2.66 bits per heavy atom. The van der Waals surface area contributed by atoms with Crippen LogP contribution in [0.4, 0.5) is 10.2 Å². The van der Waals surface area contributed by atoms with E-state index in [-0.39, 0.29) is 30.1 Å². The van der Waals surface area contributed by atoms with Gasteiger partial charge >= 0.3 is 0 Å². The highest BCUT2D eigenvalue weighted by Crippen LogP contribution is 2.36. The van der Waals surface area contributed by atoms with Crippen LogP contribution >= 0.6 is 0 Å². The number of anilines is 1. The lowest BCUT2D eigenvalue weighted by atomic mass is 10.1. The summed E-state index contributed by atoms with van der Waals surface area (Å²) in [4.78, 5) is 38.8. The molecule has 0 bridgehead atoms. The first kappa shape index (κ1) is 22.3. The smallest absolute Gasteiger partial charge is 0.254 e. The normalized spacial score (nSPS) is 18.4. The van der Waals surface area contributed by atoms with Crippen LogP contribution in [0.15, 0.2) is 24.3 Å². The van der Waals surface area contributed by atoms with Crippen molar-refractivity contribution in [3.63, 3.8) is 0 Å². The van der Waals surface area contributed by atoms with Crippen LogP contribution in [0, 0.1) is 12.7 Å². The van der Waals surface area contributed by atoms with Crippen molar-refractivity contribution in [1.82, 2.24) is 14.9 Å². The third-order valence-corrected chi connectivity index (χ3v) is 6.47. The molecule has 0 saturated carbocycles. The molecule has 7 nitrogen and oxygen atoms in total. The minimum atomic E-state index is -0.925. The number of likely N-dealkylation sites (tertiary alicyclic amines) is 1. The lowest BCUT2D eigenvalue weighted by Gasteiger charge is -2.32. The summed E-state index contributed by atoms with van der Waals surface area (Å²) in [7, 11) is 1.53. The number of carbonyl (C=O) groups is 2. The monoisotopic (exact) mass is 440 g/mol. The number of ether oxygens (including phenoxy) is 1. The molecule has 0 N–H and O–H groups in total. The van der Waals surface area contributed by atoms with E-state index < -0.39 is 5.60 Å². The predicted octanol–water partition coefficient (Wildman–Crippen LogP) is 3.14. The first-order valence-corrected chi connectivity index (χ1v) is 11.0. The molecule has 2 aliphatic rings. The van der Waals surface area contributed by atoms with Crippen molar-refractivity contribution in [2.45, 2.75) is 58.1 Å². The van der Waals surface area contributed by atoms with Gasteiger partial charge in [0.25, 0.3) is 5.91 Å². The number of amides is 2. The molecule has 32 heavy (non-hydrogen) atoms. The van der Waals surface area contributed by atoms with Crippen LogP contribution in [-0.4, -0.2) is 52.5 Å². The molecule has 1 saturated heterocycles. The Morgan fingerprint density at radius 2 is 1.97 bits per heavy atom. The highest BCUT2D eigenvalue weighted by molar-refractivity contribution is 6.00. The number of fused-ring (bicyclic) bond motifs is 1. The minimum Gasteiger partial charge on any atom is -0.369 e. The second kappa shape index (κ2) is 8.58. The largest absolute Gasteiger partial charge is 0.369 e. The van der Waals surface area contributed by atoms with E-state index in [1.165, 1.54) is 19.2 Å². The number of carbonyl (C=O) groups excluding carboxylic acids is 2. The van der Waals surface area contributed by atoms with Gasteiger partial charge in [0, 0.05) is 31.5 Å². The zero-order valence-electron chi connectivity index (χ0n) is 19.0. The number of halogens is 1. The Labute approximate surface area is 187 Å². The van der Waals surface area contributed by atoms with Gasteiger partial charge in [0.1, 0.15) is 17.2 Å². The molecule has 0 spiro atoms. The van der Waals surface area contributed by atoms with Gasteiger partial charge in [0.05, 0.1) is 12.5 Å². The molecule has 1 aromatic heterocycles. The van der Waals surface area contributed by atoms with Gasteiger partial charge in [-0.05, 0) is 57.7 Å². The van der Waals surface area contributed by atoms with E-state index in [4.69, 9.17) is 14.7 Å². The number of hydrogen-bond donors (Lipinski definition) is 0. The lowest BCUT2D eigenvalue weighted by molar-refractivity contribution is -0.152. The fourth-order valence-electron chi connectivity index (χ4n) is 4.38. The van der Waals surface area contributed by atoms with Gasteiger partial charge in [-0.25, -0.2) is 14.4 Å². The van der Waals surface area contributed by atoms with E-state index >= 15 is 0 Å². The van der Waals surface area contributed by atoms with Gasteiger partial charge in [0.15, 0.2) is 5.82 Å². The molecule has 0 radical (unpaired) electrons. The molecule has 2 aliphatic heterocycles. The van der Waals surface area contributed by atoms with Crippen molar-refractivity contribution in [2.24, 2.45) is 0 Å². The number of rotatable bonds is 6. The maximum Gasteiger partial charge on any atom is 0.254 e. The maximum atomic E-state index is 13.2. The zero-order valence-corrected chi connectivity index (χ0v) is 19.0. The Balaban J connectivity index is 1.60. The predicted molar refractivity (Wildman–Crippen MR) is 118 cm³/mol. The molecular weight excluding hydrogens is 411 g/mol. The summed E-state index contributed by atoms with van der Waals surface area (Å²) in [6.45, 7) is 6.49. The SMILES string of the molecule is COC(C)(C)C(=O)N1CCC[C@@H]1c1nc(C)c2c(n1)N(CCc1ccc(F)cc1)C(=O)C2. The highest BCUT2D eigenvalue weighted by Gasteiger charge is 2.41. The molecule has 8 heteroatoms. The summed E-state index contributed by atoms with van der Waals surface area (Å²) in [5, 5.41) is 0. The Morgan fingerprint density at radius 1 is 1.25 bits per heavy atom. The Kier molecular flexibility index (Phi) is 5.99. The first-order valence-electron chi connectivity index (χ1n) is 11.0. The van der Waals surface area contributed by atoms with Gasteiger partial charge in [-0.15, -0.1) is 0 Å². The van der Waals surface area contributed by atoms with Crippen LogP contribution in [0.5, 0.6) is 0 Å². The van der Waals surface area contributed by atoms with Crippen molar-refractivity contribution < 1.29 is 18.7 Å². The van der Waals surface area contributed by atoms with E-state index in [0.29, 0.717) is 31.2 Å². The van der Waals surface area contributed by atoms with Crippen molar-refractivity contribution in [2.75, 3.05) is 25.1 Å². The van der Waals surface area contributed by atoms with Crippen LogP contribution < -0.4 is 4.90 Å². The van der Waals surface area contributed by atoms with Crippen molar-refractivity contribution in [1.29, 1.82) is 0 Å². The molecule has 0 aliphatic carbocycles. The second-order valence-corrected chi connectivity index (χ2v) is 8.94. The van der Waals surface area contributed by atoms with Gasteiger partial charge < -0.3 is 9.64 Å². The van der Waals surface area contributed by atoms with Crippen molar-refractivity contribution in [3.05, 3.63) is 52.7 Å². The third kappa shape index (κ3) is 4.11. The maximum absolute atomic E-state index is 13.2. The van der Waals surface area contributed by atoms with Crippen molar-refractivity contribution in [3.8, 4) is 0 Å². The summed E-state index contributed by atoms with van der Waals surface area (Å²) in [5.41, 5.74) is 1.64. The summed E-state index contributed by atoms with van der Waals surface area (Å²) in [6, 6.07) is 6.06. The van der Waals surface area contributed by atoms with E-state index in [9.17, 15) is 14.0 Å². The summed E-state index contributed by atoms with van der Waals surface area (Å²) >= 11 is 0. The van der Waals surface area contributed by atoms with E-state index in [2.05, 4.69) is 0 Å². The molecule has 0 unspecified atom stereocenters. The van der Waals surface area contributed by atoms with Crippen LogP contribution in [0.2, 0.25) is 0 Å². The number of aromatic nitrogens is 2. The molecule has 2 aromatic rings. The highest BCUT2D eigenvalue weighted by atomic mass is 19.1. The number of hydrogen-bond acceptors (Lipinski definition) is 5. The lowest BCUT2D eigenvalue weighted by Crippen LogP contribution is -2.46. The average molecular weight is 441 g/mol. The topological polar surface area (TPSA) is 75.6 Å². The Hall–Kier alpha value is -2.87. The first-order chi connectivity index (χ1) is 15.2. The molecule has 1 fully saturated rings. The van der Waals surface area contributed by atoms with E-state index in [0.717, 1.165) is 29.7 Å². The molecule has 1 aromatic carbocycles. The summed E-state index contributed by atoms with van der Waals surface area (Å²) < 4.78 is 18.6. The van der Waals surface area contributed by atoms with Gasteiger partial charge in [0.2, 0.25) is 5.91 Å². The van der Waals surface area contributed by atoms with Gasteiger partial charge in [-0.3, -0.25) is 14.5 Å². The number of aryl methyl sites for hydroxylation is 1. The molecular formula is C24H29FN4O3. The zero-order chi connectivity index (χ0) is 23.0. The van der Waals surface area contributed by atoms with Crippen molar-refractivity contribution >= 4 is 17.6 Å². The number of benzene rings is 1. The fourth-order valence-corrected chi connectivity index (χ4v) is 4.38. The van der Waals surface area contributed by atoms with Crippen LogP contribution in [-0.2, 0) is 27.2 Å². The van der Waals surface area contributed by atoms with Crippen LogP contribution in [0.3, 0.4) is 0 Å². The second-order valence-electron chi connectivity index (χ2n) is 8.94. The summed E-state index contributed by atoms with van der Waals surface area (Å²) in [6.07, 6.45) is 2.50. The summed E-state index contributed by atoms with van der Waals surface area (Å²) in [5.74, 6) is 0.812. The third-order valence-electron chi connectivity index (χ3n) is 6.47. The van der Waals surface area contributed by atoms with Crippen LogP contribution in [0.1, 0.15) is 55.4 Å². The average Bonchev–Trinajstić information content (AvgIpc) is 3.37. The molecule has 4 rings (SSSR count). The Bertz CT molecular complexity index is 1040. The number of methoxy groups -OCH3 is 1. The molecule has 2 amide bonds. The quantitative estimate of drug-likeness (QED) is 0.690. The van der Waals surface area contributed by atoms with Gasteiger partial charge in [-0.2, -0.15) is 0 Å². The number of nitrogens with zero attached hydrogens (tertiary/aromatic N) is 4. The molecule has 3 heterocycles. The standard InChI is InChI=1S/C24H29FN4O3/c1-15-18-14-20(30)29(13-11-16-7-9-17(25)10-8-16)22(18)27-21(26-15)19-6-5-12-28(19)23(31)24(2,3)32-4/h7-10,19H,5-6,11-14H2,1-4H3/t19-/m1/s1. The van der Waals surface area contributed by atoms with Crippen LogP contribution in [0.25, 0.3) is 0 Å². The van der Waals surface area contributed by atoms with E-state index in [1.807, 2.05) is 6.92 Å². The molecule has 1 atom stereocenters. The van der Waals surface area contributed by atoms with Gasteiger partial charge in [-0.1, -0.05) is 12.1 Å². The fraction of sp³-hybridized carbons (Fsp3) is 0.500.